The minimum Gasteiger partial charge on any atom is -0.466 e. The second-order valence-corrected chi connectivity index (χ2v) is 8.40. The minimum absolute atomic E-state index is 0. The van der Waals surface area contributed by atoms with Gasteiger partial charge in [-0.2, -0.15) is 5.10 Å². The monoisotopic (exact) mass is 485 g/mol. The Morgan fingerprint density at radius 2 is 1.94 bits per heavy atom. The molecule has 8 heteroatoms. The standard InChI is InChI=1S/C26H31N3O4.ClH/c1-2-33-25(30)16-22-5-3-4-20-10-11-23(17-24(20)22)28-26(31)21-8-6-19(7-9-21)18-27-29-12-14-32-15-13-29;/h6-11,17-18,22H,2-5,12-16H2,1H3,(H,28,31);1H. The topological polar surface area (TPSA) is 80.2 Å². The van der Waals surface area contributed by atoms with Crippen molar-refractivity contribution in [2.45, 2.75) is 38.5 Å². The molecule has 2 aliphatic rings. The summed E-state index contributed by atoms with van der Waals surface area (Å²) in [5, 5.41) is 9.45. The zero-order valence-corrected chi connectivity index (χ0v) is 20.3. The Morgan fingerprint density at radius 1 is 1.18 bits per heavy atom. The van der Waals surface area contributed by atoms with Gasteiger partial charge in [0.15, 0.2) is 0 Å². The number of carbonyl (C=O) groups is 2. The van der Waals surface area contributed by atoms with Crippen LogP contribution in [0.5, 0.6) is 0 Å². The number of anilines is 1. The van der Waals surface area contributed by atoms with Crippen LogP contribution in [0.2, 0.25) is 0 Å². The molecule has 1 aliphatic heterocycles. The number of esters is 1. The van der Waals surface area contributed by atoms with E-state index in [4.69, 9.17) is 9.47 Å². The Bertz CT molecular complexity index is 1000. The van der Waals surface area contributed by atoms with Gasteiger partial charge in [0.05, 0.1) is 45.5 Å². The van der Waals surface area contributed by atoms with Gasteiger partial charge in [0.1, 0.15) is 0 Å². The second-order valence-electron chi connectivity index (χ2n) is 8.40. The number of fused-ring (bicyclic) bond motifs is 1. The zero-order chi connectivity index (χ0) is 23.0. The molecule has 1 aliphatic carbocycles. The maximum Gasteiger partial charge on any atom is 0.306 e. The highest BCUT2D eigenvalue weighted by Crippen LogP contribution is 2.36. The highest BCUT2D eigenvalue weighted by atomic mass is 35.5. The van der Waals surface area contributed by atoms with Crippen LogP contribution in [0.4, 0.5) is 5.69 Å². The van der Waals surface area contributed by atoms with Crippen molar-refractivity contribution in [3.63, 3.8) is 0 Å². The molecule has 1 fully saturated rings. The van der Waals surface area contributed by atoms with E-state index >= 15 is 0 Å². The third-order valence-electron chi connectivity index (χ3n) is 6.09. The number of aryl methyl sites for hydroxylation is 1. The lowest BCUT2D eigenvalue weighted by Crippen LogP contribution is -2.32. The first-order chi connectivity index (χ1) is 16.1. The number of ether oxygens (including phenoxy) is 2. The van der Waals surface area contributed by atoms with Gasteiger partial charge in [-0.3, -0.25) is 14.6 Å². The van der Waals surface area contributed by atoms with Crippen LogP contribution < -0.4 is 5.32 Å². The van der Waals surface area contributed by atoms with Crippen LogP contribution in [0.15, 0.2) is 47.6 Å². The van der Waals surface area contributed by atoms with Gasteiger partial charge in [0.2, 0.25) is 0 Å². The van der Waals surface area contributed by atoms with Gasteiger partial charge >= 0.3 is 5.97 Å². The van der Waals surface area contributed by atoms with Gasteiger partial charge in [0.25, 0.3) is 5.91 Å². The first-order valence-corrected chi connectivity index (χ1v) is 11.7. The van der Waals surface area contributed by atoms with Crippen LogP contribution in [0.25, 0.3) is 0 Å². The van der Waals surface area contributed by atoms with Crippen LogP contribution in [0.1, 0.15) is 59.2 Å². The van der Waals surface area contributed by atoms with Crippen LogP contribution in [-0.2, 0) is 20.7 Å². The van der Waals surface area contributed by atoms with E-state index in [0.29, 0.717) is 31.8 Å². The number of rotatable bonds is 7. The summed E-state index contributed by atoms with van der Waals surface area (Å²) in [6.07, 6.45) is 5.20. The van der Waals surface area contributed by atoms with Crippen molar-refractivity contribution in [2.75, 3.05) is 38.2 Å². The predicted molar refractivity (Wildman–Crippen MR) is 135 cm³/mol. The molecule has 1 N–H and O–H groups in total. The smallest absolute Gasteiger partial charge is 0.306 e. The van der Waals surface area contributed by atoms with Crippen molar-refractivity contribution in [1.29, 1.82) is 0 Å². The molecule has 2 aromatic carbocycles. The summed E-state index contributed by atoms with van der Waals surface area (Å²) in [5.41, 5.74) is 4.65. The molecule has 1 atom stereocenters. The Labute approximate surface area is 206 Å². The molecule has 1 amide bonds. The van der Waals surface area contributed by atoms with Gasteiger partial charge in [-0.15, -0.1) is 12.4 Å². The van der Waals surface area contributed by atoms with E-state index in [0.717, 1.165) is 49.2 Å². The number of benzene rings is 2. The molecule has 0 spiro atoms. The SMILES string of the molecule is CCOC(=O)CC1CCCc2ccc(NC(=O)c3ccc(C=NN4CCOCC4)cc3)cc21.Cl. The number of amides is 1. The Morgan fingerprint density at radius 3 is 2.68 bits per heavy atom. The summed E-state index contributed by atoms with van der Waals surface area (Å²) in [5.74, 6) is -0.193. The first-order valence-electron chi connectivity index (χ1n) is 11.7. The molecule has 0 bridgehead atoms. The van der Waals surface area contributed by atoms with E-state index in [-0.39, 0.29) is 30.2 Å². The highest BCUT2D eigenvalue weighted by Gasteiger charge is 2.24. The van der Waals surface area contributed by atoms with Crippen LogP contribution in [0.3, 0.4) is 0 Å². The predicted octanol–water partition coefficient (Wildman–Crippen LogP) is 4.40. The van der Waals surface area contributed by atoms with Crippen molar-refractivity contribution >= 4 is 36.2 Å². The molecule has 0 saturated carbocycles. The number of carbonyl (C=O) groups excluding carboxylic acids is 2. The molecule has 1 heterocycles. The molecular weight excluding hydrogens is 454 g/mol. The molecule has 2 aromatic rings. The van der Waals surface area contributed by atoms with E-state index in [1.165, 1.54) is 5.56 Å². The number of nitrogens with zero attached hydrogens (tertiary/aromatic N) is 2. The second kappa shape index (κ2) is 12.5. The average Bonchev–Trinajstić information content (AvgIpc) is 2.84. The summed E-state index contributed by atoms with van der Waals surface area (Å²) in [4.78, 5) is 24.8. The third kappa shape index (κ3) is 6.81. The molecule has 4 rings (SSSR count). The van der Waals surface area contributed by atoms with E-state index < -0.39 is 0 Å². The summed E-state index contributed by atoms with van der Waals surface area (Å²) in [7, 11) is 0. The van der Waals surface area contributed by atoms with Crippen molar-refractivity contribution in [1.82, 2.24) is 5.01 Å². The third-order valence-corrected chi connectivity index (χ3v) is 6.09. The quantitative estimate of drug-likeness (QED) is 0.464. The molecule has 1 saturated heterocycles. The minimum atomic E-state index is -0.165. The maximum absolute atomic E-state index is 12.8. The van der Waals surface area contributed by atoms with Gasteiger partial charge in [-0.1, -0.05) is 18.2 Å². The van der Waals surface area contributed by atoms with Gasteiger partial charge < -0.3 is 14.8 Å². The summed E-state index contributed by atoms with van der Waals surface area (Å²) in [6.45, 7) is 5.19. The fraction of sp³-hybridized carbons (Fsp3) is 0.423. The number of halogens is 1. The van der Waals surface area contributed by atoms with E-state index in [9.17, 15) is 9.59 Å². The number of hydrazone groups is 1. The summed E-state index contributed by atoms with van der Waals surface area (Å²) >= 11 is 0. The van der Waals surface area contributed by atoms with Crippen molar-refractivity contribution in [3.05, 3.63) is 64.7 Å². The van der Waals surface area contributed by atoms with E-state index in [2.05, 4.69) is 16.5 Å². The molecular formula is C26H32ClN3O4. The largest absolute Gasteiger partial charge is 0.466 e. The van der Waals surface area contributed by atoms with Crippen molar-refractivity contribution in [2.24, 2.45) is 5.10 Å². The van der Waals surface area contributed by atoms with Crippen LogP contribution in [-0.4, -0.2) is 56.0 Å². The lowest BCUT2D eigenvalue weighted by atomic mass is 9.81. The molecule has 0 aromatic heterocycles. The molecule has 7 nitrogen and oxygen atoms in total. The lowest BCUT2D eigenvalue weighted by Gasteiger charge is -2.25. The lowest BCUT2D eigenvalue weighted by molar-refractivity contribution is -0.143. The van der Waals surface area contributed by atoms with Crippen molar-refractivity contribution < 1.29 is 19.1 Å². The fourth-order valence-electron chi connectivity index (χ4n) is 4.35. The van der Waals surface area contributed by atoms with Gasteiger partial charge in [0, 0.05) is 11.3 Å². The number of hydrogen-bond donors (Lipinski definition) is 1. The maximum atomic E-state index is 12.8. The zero-order valence-electron chi connectivity index (χ0n) is 19.5. The Kier molecular flexibility index (Phi) is 9.48. The summed E-state index contributed by atoms with van der Waals surface area (Å²) < 4.78 is 10.5. The van der Waals surface area contributed by atoms with Crippen molar-refractivity contribution in [3.8, 4) is 0 Å². The Balaban J connectivity index is 0.00000324. The highest BCUT2D eigenvalue weighted by molar-refractivity contribution is 6.04. The number of nitrogens with one attached hydrogen (secondary N) is 1. The molecule has 34 heavy (non-hydrogen) atoms. The van der Waals surface area contributed by atoms with E-state index in [1.807, 2.05) is 36.2 Å². The first kappa shape index (κ1) is 25.7. The number of hydrogen-bond acceptors (Lipinski definition) is 6. The van der Waals surface area contributed by atoms with Crippen LogP contribution >= 0.6 is 12.4 Å². The molecule has 182 valence electrons. The number of morpholine rings is 1. The van der Waals surface area contributed by atoms with Crippen LogP contribution in [0, 0.1) is 0 Å². The van der Waals surface area contributed by atoms with Gasteiger partial charge in [-0.05, 0) is 73.1 Å². The fourth-order valence-corrected chi connectivity index (χ4v) is 4.35. The van der Waals surface area contributed by atoms with Gasteiger partial charge in [-0.25, -0.2) is 0 Å². The Hall–Kier alpha value is -2.90. The molecule has 0 radical (unpaired) electrons. The average molecular weight is 486 g/mol. The normalized spacial score (nSPS) is 17.6. The summed E-state index contributed by atoms with van der Waals surface area (Å²) in [6, 6.07) is 13.4. The molecule has 1 unspecified atom stereocenters. The van der Waals surface area contributed by atoms with E-state index in [1.54, 1.807) is 18.3 Å².